The van der Waals surface area contributed by atoms with E-state index in [1.807, 2.05) is 41.5 Å². The van der Waals surface area contributed by atoms with Gasteiger partial charge in [-0.05, 0) is 41.2 Å². The van der Waals surface area contributed by atoms with Crippen LogP contribution in [0.3, 0.4) is 0 Å². The molecule has 0 heterocycles. The Kier molecular flexibility index (Phi) is 26.8. The van der Waals surface area contributed by atoms with Crippen molar-refractivity contribution < 1.29 is 15.7 Å². The van der Waals surface area contributed by atoms with Crippen molar-refractivity contribution in [2.45, 2.75) is 75.2 Å². The smallest absolute Gasteiger partial charge is 0.119 e. The summed E-state index contributed by atoms with van der Waals surface area (Å²) in [4.78, 5) is 0. The van der Waals surface area contributed by atoms with Crippen molar-refractivity contribution in [1.29, 1.82) is 0 Å². The van der Waals surface area contributed by atoms with Gasteiger partial charge in [0.1, 0.15) is 5.75 Å². The van der Waals surface area contributed by atoms with Crippen LogP contribution in [-0.4, -0.2) is 17.6 Å². The van der Waals surface area contributed by atoms with Crippen molar-refractivity contribution in [2.75, 3.05) is 6.61 Å². The van der Waals surface area contributed by atoms with Crippen LogP contribution in [0.1, 0.15) is 80.7 Å². The second-order valence-corrected chi connectivity index (χ2v) is 6.11. The Labute approximate surface area is 181 Å². The third-order valence-electron chi connectivity index (χ3n) is 3.75. The maximum absolute atomic E-state index is 5.74. The number of hydrogen-bond acceptors (Lipinski definition) is 1. The average molecular weight is 409 g/mol. The molecule has 2 rings (SSSR count). The molecule has 1 aliphatic carbocycles. The van der Waals surface area contributed by atoms with Crippen molar-refractivity contribution in [2.24, 2.45) is 11.8 Å². The van der Waals surface area contributed by atoms with E-state index in [1.165, 1.54) is 29.6 Å². The first-order chi connectivity index (χ1) is 13.1. The molecule has 3 heteroatoms. The summed E-state index contributed by atoms with van der Waals surface area (Å²) in [5.74, 6) is 1.97. The van der Waals surface area contributed by atoms with Crippen LogP contribution in [0.15, 0.2) is 54.6 Å². The summed E-state index contributed by atoms with van der Waals surface area (Å²) >= 11 is 0. The van der Waals surface area contributed by atoms with Gasteiger partial charge in [-0.25, -0.2) is 0 Å². The third kappa shape index (κ3) is 13.1. The lowest BCUT2D eigenvalue weighted by atomic mass is 9.83. The average Bonchev–Trinajstić information content (AvgIpc) is 2.73. The van der Waals surface area contributed by atoms with Gasteiger partial charge in [-0.3, -0.25) is 0 Å². The van der Waals surface area contributed by atoms with E-state index in [0.717, 1.165) is 12.4 Å². The second-order valence-electron chi connectivity index (χ2n) is 6.11. The second kappa shape index (κ2) is 22.4. The zero-order valence-electron chi connectivity index (χ0n) is 20.4. The highest BCUT2D eigenvalue weighted by Crippen LogP contribution is 2.34. The summed E-state index contributed by atoms with van der Waals surface area (Å²) in [5.41, 5.74) is 3.71. The molecule has 3 nitrogen and oxygen atoms in total. The summed E-state index contributed by atoms with van der Waals surface area (Å²) in [5, 5.41) is 0. The van der Waals surface area contributed by atoms with Crippen molar-refractivity contribution in [3.63, 3.8) is 0 Å². The lowest BCUT2D eigenvalue weighted by Crippen LogP contribution is -2.06. The molecule has 1 aromatic rings. The van der Waals surface area contributed by atoms with Crippen LogP contribution in [-0.2, 0) is 0 Å². The molecule has 1 aliphatic rings. The molecule has 29 heavy (non-hydrogen) atoms. The Hall–Kier alpha value is -1.84. The van der Waals surface area contributed by atoms with Crippen LogP contribution in [0.4, 0.5) is 0 Å². The van der Waals surface area contributed by atoms with E-state index in [2.05, 4.69) is 69.8 Å². The number of hydrogen-bond donors (Lipinski definition) is 0. The Morgan fingerprint density at radius 3 is 1.90 bits per heavy atom. The molecule has 0 radical (unpaired) electrons. The van der Waals surface area contributed by atoms with Crippen LogP contribution in [0.5, 0.6) is 5.75 Å². The lowest BCUT2D eigenvalue weighted by molar-refractivity contribution is 0.271. The Morgan fingerprint density at radius 2 is 1.45 bits per heavy atom. The van der Waals surface area contributed by atoms with Crippen LogP contribution in [0.2, 0.25) is 0 Å². The zero-order valence-corrected chi connectivity index (χ0v) is 20.4. The van der Waals surface area contributed by atoms with Gasteiger partial charge in [-0.1, -0.05) is 106 Å². The Balaban J connectivity index is -0.000000358. The fourth-order valence-corrected chi connectivity index (χ4v) is 2.57. The van der Waals surface area contributed by atoms with Gasteiger partial charge >= 0.3 is 0 Å². The highest BCUT2D eigenvalue weighted by molar-refractivity contribution is 5.81. The normalized spacial score (nSPS) is 13.7. The molecule has 0 saturated carbocycles. The van der Waals surface area contributed by atoms with E-state index in [-0.39, 0.29) is 11.0 Å². The van der Waals surface area contributed by atoms with Gasteiger partial charge < -0.3 is 15.7 Å². The van der Waals surface area contributed by atoms with E-state index in [9.17, 15) is 0 Å². The highest BCUT2D eigenvalue weighted by atomic mass is 16.5. The first kappa shape index (κ1) is 34.7. The van der Waals surface area contributed by atoms with Crippen molar-refractivity contribution in [3.05, 3.63) is 60.2 Å². The number of allylic oxidation sites excluding steroid dienone is 5. The van der Waals surface area contributed by atoms with E-state index in [1.54, 1.807) is 0 Å². The van der Waals surface area contributed by atoms with Crippen molar-refractivity contribution in [3.8, 4) is 5.75 Å². The molecule has 0 saturated heterocycles. The summed E-state index contributed by atoms with van der Waals surface area (Å²) in [6.07, 6.45) is 8.94. The molecule has 0 amide bonds. The van der Waals surface area contributed by atoms with Gasteiger partial charge in [0.2, 0.25) is 0 Å². The van der Waals surface area contributed by atoms with Gasteiger partial charge in [0.15, 0.2) is 0 Å². The summed E-state index contributed by atoms with van der Waals surface area (Å²) in [7, 11) is 0. The summed E-state index contributed by atoms with van der Waals surface area (Å²) in [6.45, 7) is 23.6. The fraction of sp³-hybridized carbons (Fsp3) is 0.538. The molecule has 0 fully saturated rings. The Morgan fingerprint density at radius 1 is 0.931 bits per heavy atom. The maximum atomic E-state index is 5.74. The SMILES string of the molecule is C=C1C(c2ccc(OCC(C)C)cc2)=CC=CC1CCC.CC.CC.CC.O.O. The molecule has 4 N–H and O–H groups in total. The molecule has 1 unspecified atom stereocenters. The van der Waals surface area contributed by atoms with Gasteiger partial charge in [-0.15, -0.1) is 0 Å². The fourth-order valence-electron chi connectivity index (χ4n) is 2.57. The van der Waals surface area contributed by atoms with Crippen LogP contribution in [0.25, 0.3) is 5.57 Å². The molecule has 0 spiro atoms. The van der Waals surface area contributed by atoms with Gasteiger partial charge in [0.05, 0.1) is 6.61 Å². The lowest BCUT2D eigenvalue weighted by Gasteiger charge is -2.22. The quantitative estimate of drug-likeness (QED) is 0.495. The minimum Gasteiger partial charge on any atom is -0.493 e. The molecule has 0 aliphatic heterocycles. The van der Waals surface area contributed by atoms with Gasteiger partial charge in [0, 0.05) is 5.92 Å². The molecule has 0 bridgehead atoms. The predicted octanol–water partition coefficient (Wildman–Crippen LogP) is 7.08. The van der Waals surface area contributed by atoms with E-state index in [0.29, 0.717) is 11.8 Å². The summed E-state index contributed by atoms with van der Waals surface area (Å²) < 4.78 is 5.74. The van der Waals surface area contributed by atoms with Crippen molar-refractivity contribution in [1.82, 2.24) is 0 Å². The molecule has 170 valence electrons. The van der Waals surface area contributed by atoms with Crippen LogP contribution >= 0.6 is 0 Å². The number of ether oxygens (including phenoxy) is 1. The zero-order chi connectivity index (χ0) is 21.2. The Bertz CT molecular complexity index is 540. The minimum atomic E-state index is 0. The van der Waals surface area contributed by atoms with Crippen LogP contribution < -0.4 is 4.74 Å². The summed E-state index contributed by atoms with van der Waals surface area (Å²) in [6, 6.07) is 8.38. The first-order valence-electron chi connectivity index (χ1n) is 10.9. The standard InChI is InChI=1S/C20H26O.3C2H6.2H2O/c1-5-7-17-8-6-9-20(16(17)4)18-10-12-19(13-11-18)21-14-15(2)3;3*1-2;;/h6,8-13,15,17H,4-5,7,14H2,1-3H3;3*1-2H3;2*1H2. The molecular formula is C26H48O3. The van der Waals surface area contributed by atoms with Crippen LogP contribution in [0, 0.1) is 11.8 Å². The maximum Gasteiger partial charge on any atom is 0.119 e. The van der Waals surface area contributed by atoms with Gasteiger partial charge in [-0.2, -0.15) is 0 Å². The van der Waals surface area contributed by atoms with E-state index in [4.69, 9.17) is 4.74 Å². The third-order valence-corrected chi connectivity index (χ3v) is 3.75. The minimum absolute atomic E-state index is 0. The highest BCUT2D eigenvalue weighted by Gasteiger charge is 2.16. The topological polar surface area (TPSA) is 72.2 Å². The molecular weight excluding hydrogens is 360 g/mol. The number of rotatable bonds is 6. The van der Waals surface area contributed by atoms with Gasteiger partial charge in [0.25, 0.3) is 0 Å². The number of benzene rings is 1. The molecule has 0 aromatic heterocycles. The predicted molar refractivity (Wildman–Crippen MR) is 133 cm³/mol. The van der Waals surface area contributed by atoms with E-state index >= 15 is 0 Å². The van der Waals surface area contributed by atoms with E-state index < -0.39 is 0 Å². The molecule has 1 atom stereocenters. The largest absolute Gasteiger partial charge is 0.493 e. The van der Waals surface area contributed by atoms with Crippen molar-refractivity contribution >= 4 is 5.57 Å². The monoisotopic (exact) mass is 408 g/mol. The molecule has 1 aromatic carbocycles. The first-order valence-corrected chi connectivity index (χ1v) is 10.9.